The lowest BCUT2D eigenvalue weighted by Crippen LogP contribution is -2.23. The molecule has 0 radical (unpaired) electrons. The molecule has 26 heavy (non-hydrogen) atoms. The van der Waals surface area contributed by atoms with Crippen LogP contribution in [-0.2, 0) is 24.2 Å². The molecule has 0 saturated carbocycles. The van der Waals surface area contributed by atoms with Gasteiger partial charge in [0.1, 0.15) is 0 Å². The number of rotatable bonds is 6. The van der Waals surface area contributed by atoms with Crippen molar-refractivity contribution in [1.82, 2.24) is 5.32 Å². The molecular weight excluding hydrogens is 324 g/mol. The van der Waals surface area contributed by atoms with Gasteiger partial charge < -0.3 is 5.32 Å². The molecule has 0 atom stereocenters. The summed E-state index contributed by atoms with van der Waals surface area (Å²) in [6.45, 7) is 0.400. The van der Waals surface area contributed by atoms with Crippen molar-refractivity contribution in [1.29, 1.82) is 5.26 Å². The molecule has 0 aromatic heterocycles. The molecule has 3 rings (SSSR count). The Morgan fingerprint density at radius 3 is 2.42 bits per heavy atom. The molecule has 1 aliphatic rings. The van der Waals surface area contributed by atoms with Gasteiger partial charge in [-0.3, -0.25) is 9.59 Å². The van der Waals surface area contributed by atoms with E-state index < -0.39 is 0 Å². The topological polar surface area (TPSA) is 70.0 Å². The zero-order valence-electron chi connectivity index (χ0n) is 14.8. The van der Waals surface area contributed by atoms with Crippen LogP contribution in [0.15, 0.2) is 42.5 Å². The Morgan fingerprint density at radius 2 is 1.69 bits per heavy atom. The average molecular weight is 346 g/mol. The van der Waals surface area contributed by atoms with Gasteiger partial charge in [0.25, 0.3) is 0 Å². The molecular formula is C22H22N2O2. The van der Waals surface area contributed by atoms with Crippen LogP contribution < -0.4 is 5.32 Å². The normalized spacial score (nSPS) is 12.7. The molecule has 0 saturated heterocycles. The predicted molar refractivity (Wildman–Crippen MR) is 99.7 cm³/mol. The van der Waals surface area contributed by atoms with E-state index in [-0.39, 0.29) is 24.5 Å². The Morgan fingerprint density at radius 1 is 0.962 bits per heavy atom. The van der Waals surface area contributed by atoms with Gasteiger partial charge in [-0.15, -0.1) is 0 Å². The summed E-state index contributed by atoms with van der Waals surface area (Å²) in [4.78, 5) is 24.4. The van der Waals surface area contributed by atoms with Crippen LogP contribution in [0.1, 0.15) is 58.3 Å². The number of hydrogen-bond acceptors (Lipinski definition) is 3. The van der Waals surface area contributed by atoms with Gasteiger partial charge in [0.05, 0.1) is 11.6 Å². The standard InChI is InChI=1S/C22H22N2O2/c23-14-16-5-7-17(8-6-16)15-24-22(26)12-11-21(25)20-10-9-18-3-1-2-4-19(18)13-20/h5-10,13H,1-4,11-12,15H2,(H,24,26). The average Bonchev–Trinajstić information content (AvgIpc) is 2.70. The number of nitriles is 1. The third-order valence-electron chi connectivity index (χ3n) is 4.82. The van der Waals surface area contributed by atoms with Gasteiger partial charge >= 0.3 is 0 Å². The van der Waals surface area contributed by atoms with Gasteiger partial charge in [-0.05, 0) is 60.6 Å². The van der Waals surface area contributed by atoms with E-state index in [2.05, 4.69) is 17.5 Å². The van der Waals surface area contributed by atoms with Crippen molar-refractivity contribution in [2.75, 3.05) is 0 Å². The lowest BCUT2D eigenvalue weighted by atomic mass is 9.89. The number of benzene rings is 2. The van der Waals surface area contributed by atoms with Crippen molar-refractivity contribution in [2.24, 2.45) is 0 Å². The highest BCUT2D eigenvalue weighted by Crippen LogP contribution is 2.22. The summed E-state index contributed by atoms with van der Waals surface area (Å²) in [6, 6.07) is 15.1. The fraction of sp³-hybridized carbons (Fsp3) is 0.318. The molecule has 1 N–H and O–H groups in total. The van der Waals surface area contributed by atoms with Crippen LogP contribution in [-0.4, -0.2) is 11.7 Å². The summed E-state index contributed by atoms with van der Waals surface area (Å²) in [7, 11) is 0. The number of ketones is 1. The number of fused-ring (bicyclic) bond motifs is 1. The lowest BCUT2D eigenvalue weighted by molar-refractivity contribution is -0.121. The van der Waals surface area contributed by atoms with E-state index in [1.165, 1.54) is 24.0 Å². The largest absolute Gasteiger partial charge is 0.352 e. The van der Waals surface area contributed by atoms with Crippen molar-refractivity contribution in [3.8, 4) is 6.07 Å². The van der Waals surface area contributed by atoms with E-state index in [0.717, 1.165) is 18.4 Å². The first kappa shape index (κ1) is 17.9. The van der Waals surface area contributed by atoms with E-state index in [4.69, 9.17) is 5.26 Å². The maximum absolute atomic E-state index is 12.4. The van der Waals surface area contributed by atoms with Crippen molar-refractivity contribution in [3.63, 3.8) is 0 Å². The van der Waals surface area contributed by atoms with Gasteiger partial charge in [-0.25, -0.2) is 0 Å². The highest BCUT2D eigenvalue weighted by Gasteiger charge is 2.14. The summed E-state index contributed by atoms with van der Waals surface area (Å²) in [5.74, 6) is -0.118. The van der Waals surface area contributed by atoms with Crippen LogP contribution >= 0.6 is 0 Å². The molecule has 0 heterocycles. The van der Waals surface area contributed by atoms with Crippen molar-refractivity contribution in [3.05, 3.63) is 70.3 Å². The zero-order chi connectivity index (χ0) is 18.4. The minimum Gasteiger partial charge on any atom is -0.352 e. The van der Waals surface area contributed by atoms with E-state index in [1.807, 2.05) is 24.3 Å². The minimum absolute atomic E-state index is 0.0203. The number of aryl methyl sites for hydroxylation is 2. The molecule has 1 amide bonds. The zero-order valence-corrected chi connectivity index (χ0v) is 14.8. The predicted octanol–water partition coefficient (Wildman–Crippen LogP) is 3.72. The van der Waals surface area contributed by atoms with Gasteiger partial charge in [0.15, 0.2) is 5.78 Å². The Bertz CT molecular complexity index is 847. The van der Waals surface area contributed by atoms with Gasteiger partial charge in [-0.1, -0.05) is 24.3 Å². The molecule has 0 bridgehead atoms. The molecule has 0 fully saturated rings. The summed E-state index contributed by atoms with van der Waals surface area (Å²) >= 11 is 0. The minimum atomic E-state index is -0.138. The van der Waals surface area contributed by atoms with Crippen LogP contribution in [0.25, 0.3) is 0 Å². The smallest absolute Gasteiger partial charge is 0.220 e. The van der Waals surface area contributed by atoms with Gasteiger partial charge in [0.2, 0.25) is 5.91 Å². The van der Waals surface area contributed by atoms with E-state index in [1.54, 1.807) is 12.1 Å². The molecule has 132 valence electrons. The molecule has 1 aliphatic carbocycles. The lowest BCUT2D eigenvalue weighted by Gasteiger charge is -2.16. The molecule has 4 nitrogen and oxygen atoms in total. The second kappa shape index (κ2) is 8.44. The van der Waals surface area contributed by atoms with Crippen molar-refractivity contribution in [2.45, 2.75) is 45.1 Å². The number of hydrogen-bond donors (Lipinski definition) is 1. The van der Waals surface area contributed by atoms with E-state index >= 15 is 0 Å². The molecule has 4 heteroatoms. The quantitative estimate of drug-likeness (QED) is 0.811. The summed E-state index contributed by atoms with van der Waals surface area (Å²) in [6.07, 6.45) is 4.95. The SMILES string of the molecule is N#Cc1ccc(CNC(=O)CCC(=O)c2ccc3c(c2)CCCC3)cc1. The van der Waals surface area contributed by atoms with Crippen molar-refractivity contribution >= 4 is 11.7 Å². The molecule has 0 spiro atoms. The fourth-order valence-corrected chi connectivity index (χ4v) is 3.26. The fourth-order valence-electron chi connectivity index (χ4n) is 3.26. The Labute approximate surface area is 153 Å². The van der Waals surface area contributed by atoms with Crippen LogP contribution in [0.3, 0.4) is 0 Å². The molecule has 0 aliphatic heterocycles. The molecule has 2 aromatic carbocycles. The third-order valence-corrected chi connectivity index (χ3v) is 4.82. The highest BCUT2D eigenvalue weighted by atomic mass is 16.2. The number of nitrogens with one attached hydrogen (secondary N) is 1. The monoisotopic (exact) mass is 346 g/mol. The second-order valence-electron chi connectivity index (χ2n) is 6.70. The summed E-state index contributed by atoms with van der Waals surface area (Å²) in [5.41, 5.74) is 4.87. The third kappa shape index (κ3) is 4.58. The molecule has 0 unspecified atom stereocenters. The first-order valence-electron chi connectivity index (χ1n) is 9.06. The van der Waals surface area contributed by atoms with Crippen LogP contribution in [0, 0.1) is 11.3 Å². The number of carbonyl (C=O) groups is 2. The number of carbonyl (C=O) groups excluding carboxylic acids is 2. The van der Waals surface area contributed by atoms with E-state index in [0.29, 0.717) is 17.7 Å². The summed E-state index contributed by atoms with van der Waals surface area (Å²) < 4.78 is 0. The summed E-state index contributed by atoms with van der Waals surface area (Å²) in [5, 5.41) is 11.6. The number of nitrogens with zero attached hydrogens (tertiary/aromatic N) is 1. The van der Waals surface area contributed by atoms with Gasteiger partial charge in [0, 0.05) is 24.9 Å². The first-order chi connectivity index (χ1) is 12.7. The van der Waals surface area contributed by atoms with Crippen LogP contribution in [0.4, 0.5) is 0 Å². The molecule has 2 aromatic rings. The highest BCUT2D eigenvalue weighted by molar-refractivity contribution is 5.98. The van der Waals surface area contributed by atoms with Crippen LogP contribution in [0.5, 0.6) is 0 Å². The Kier molecular flexibility index (Phi) is 5.80. The van der Waals surface area contributed by atoms with E-state index in [9.17, 15) is 9.59 Å². The second-order valence-corrected chi connectivity index (χ2v) is 6.70. The first-order valence-corrected chi connectivity index (χ1v) is 9.06. The van der Waals surface area contributed by atoms with Gasteiger partial charge in [-0.2, -0.15) is 5.26 Å². The Balaban J connectivity index is 1.47. The van der Waals surface area contributed by atoms with Crippen LogP contribution in [0.2, 0.25) is 0 Å². The number of Topliss-reactive ketones (excluding diaryl/α,β-unsaturated/α-hetero) is 1. The Hall–Kier alpha value is -2.93. The maximum Gasteiger partial charge on any atom is 0.220 e. The van der Waals surface area contributed by atoms with Crippen molar-refractivity contribution < 1.29 is 9.59 Å². The number of amides is 1. The maximum atomic E-state index is 12.4.